The first kappa shape index (κ1) is 16.8. The van der Waals surface area contributed by atoms with Gasteiger partial charge in [-0.05, 0) is 30.5 Å². The van der Waals surface area contributed by atoms with Crippen LogP contribution >= 0.6 is 0 Å². The standard InChI is InChI=1S/C21H23N3O2/c1-23(18-12-6-8-15-7-2-3-9-16(15)18)14-21(26)24-13-20(25)22-17-10-4-5-11-19(17)24/h2-5,7,9-11,18H,6,8,12-14H2,1H3,(H,22,25)/p+1/t18-/m1/s1. The van der Waals surface area contributed by atoms with E-state index in [2.05, 4.69) is 36.6 Å². The van der Waals surface area contributed by atoms with Crippen LogP contribution in [0.2, 0.25) is 0 Å². The van der Waals surface area contributed by atoms with E-state index >= 15 is 0 Å². The van der Waals surface area contributed by atoms with Gasteiger partial charge in [0.15, 0.2) is 6.54 Å². The first-order valence-electron chi connectivity index (χ1n) is 9.23. The van der Waals surface area contributed by atoms with E-state index in [0.29, 0.717) is 18.3 Å². The van der Waals surface area contributed by atoms with Crippen molar-refractivity contribution in [2.45, 2.75) is 25.3 Å². The highest BCUT2D eigenvalue weighted by atomic mass is 16.2. The van der Waals surface area contributed by atoms with Crippen molar-refractivity contribution in [2.24, 2.45) is 0 Å². The minimum Gasteiger partial charge on any atom is -0.323 e. The van der Waals surface area contributed by atoms with E-state index in [0.717, 1.165) is 24.9 Å². The zero-order valence-electron chi connectivity index (χ0n) is 15.0. The Labute approximate surface area is 153 Å². The van der Waals surface area contributed by atoms with Gasteiger partial charge in [0.2, 0.25) is 5.91 Å². The van der Waals surface area contributed by atoms with Crippen LogP contribution < -0.4 is 15.1 Å². The molecule has 2 aromatic carbocycles. The molecule has 2 aliphatic rings. The Kier molecular flexibility index (Phi) is 4.47. The van der Waals surface area contributed by atoms with Crippen LogP contribution in [0.15, 0.2) is 48.5 Å². The molecule has 0 radical (unpaired) electrons. The molecule has 0 saturated heterocycles. The van der Waals surface area contributed by atoms with Gasteiger partial charge in [0.05, 0.1) is 18.4 Å². The maximum atomic E-state index is 13.0. The number of carbonyl (C=O) groups is 2. The van der Waals surface area contributed by atoms with Gasteiger partial charge in [-0.25, -0.2) is 0 Å². The van der Waals surface area contributed by atoms with E-state index in [4.69, 9.17) is 0 Å². The van der Waals surface area contributed by atoms with Crippen molar-refractivity contribution >= 4 is 23.2 Å². The Morgan fingerprint density at radius 3 is 2.85 bits per heavy atom. The number of hydrogen-bond donors (Lipinski definition) is 2. The molecule has 134 valence electrons. The van der Waals surface area contributed by atoms with Gasteiger partial charge in [-0.15, -0.1) is 0 Å². The molecule has 2 amide bonds. The van der Waals surface area contributed by atoms with Gasteiger partial charge >= 0.3 is 0 Å². The van der Waals surface area contributed by atoms with Crippen LogP contribution in [0.25, 0.3) is 0 Å². The third-order valence-electron chi connectivity index (χ3n) is 5.47. The van der Waals surface area contributed by atoms with Gasteiger partial charge < -0.3 is 10.2 Å². The third-order valence-corrected chi connectivity index (χ3v) is 5.47. The molecule has 0 fully saturated rings. The molecule has 5 heteroatoms. The second-order valence-corrected chi connectivity index (χ2v) is 7.21. The Hall–Kier alpha value is -2.66. The number of rotatable bonds is 3. The number of amides is 2. The van der Waals surface area contributed by atoms with Gasteiger partial charge in [-0.3, -0.25) is 14.5 Å². The Bertz CT molecular complexity index is 849. The zero-order valence-corrected chi connectivity index (χ0v) is 15.0. The predicted octanol–water partition coefficient (Wildman–Crippen LogP) is 1.56. The monoisotopic (exact) mass is 350 g/mol. The van der Waals surface area contributed by atoms with Crippen LogP contribution in [0, 0.1) is 0 Å². The summed E-state index contributed by atoms with van der Waals surface area (Å²) in [5, 5.41) is 2.83. The number of likely N-dealkylation sites (N-methyl/N-ethyl adjacent to an activating group) is 1. The number of para-hydroxylation sites is 2. The van der Waals surface area contributed by atoms with E-state index in [-0.39, 0.29) is 18.4 Å². The van der Waals surface area contributed by atoms with Crippen molar-refractivity contribution < 1.29 is 14.5 Å². The lowest BCUT2D eigenvalue weighted by Gasteiger charge is -2.33. The van der Waals surface area contributed by atoms with Crippen LogP contribution in [-0.2, 0) is 16.0 Å². The second kappa shape index (κ2) is 6.92. The summed E-state index contributed by atoms with van der Waals surface area (Å²) in [5.41, 5.74) is 4.26. The minimum absolute atomic E-state index is 0.00662. The normalized spacial score (nSPS) is 20.0. The number of benzene rings is 2. The van der Waals surface area contributed by atoms with Crippen molar-refractivity contribution in [3.8, 4) is 0 Å². The molecule has 0 spiro atoms. The molecule has 26 heavy (non-hydrogen) atoms. The lowest BCUT2D eigenvalue weighted by atomic mass is 9.87. The minimum atomic E-state index is -0.141. The fourth-order valence-electron chi connectivity index (χ4n) is 4.18. The maximum Gasteiger partial charge on any atom is 0.282 e. The number of fused-ring (bicyclic) bond motifs is 2. The molecule has 0 saturated carbocycles. The van der Waals surface area contributed by atoms with Gasteiger partial charge in [0.25, 0.3) is 5.91 Å². The molecule has 5 nitrogen and oxygen atoms in total. The topological polar surface area (TPSA) is 53.9 Å². The Balaban J connectivity index is 1.53. The maximum absolute atomic E-state index is 13.0. The fourth-order valence-corrected chi connectivity index (χ4v) is 4.18. The molecule has 1 aliphatic carbocycles. The summed E-state index contributed by atoms with van der Waals surface area (Å²) in [4.78, 5) is 27.8. The largest absolute Gasteiger partial charge is 0.323 e. The van der Waals surface area contributed by atoms with E-state index < -0.39 is 0 Å². The van der Waals surface area contributed by atoms with Crippen LogP contribution in [0.4, 0.5) is 11.4 Å². The molecule has 2 N–H and O–H groups in total. The second-order valence-electron chi connectivity index (χ2n) is 7.21. The molecule has 2 aromatic rings. The van der Waals surface area contributed by atoms with E-state index in [9.17, 15) is 9.59 Å². The van der Waals surface area contributed by atoms with Gasteiger partial charge in [0.1, 0.15) is 12.6 Å². The quantitative estimate of drug-likeness (QED) is 0.883. The number of quaternary nitrogens is 1. The van der Waals surface area contributed by atoms with Crippen molar-refractivity contribution in [2.75, 3.05) is 30.4 Å². The lowest BCUT2D eigenvalue weighted by Crippen LogP contribution is -3.10. The molecule has 1 unspecified atom stereocenters. The van der Waals surface area contributed by atoms with Crippen molar-refractivity contribution in [1.29, 1.82) is 0 Å². The van der Waals surface area contributed by atoms with E-state index in [1.54, 1.807) is 4.90 Å². The number of hydrogen-bond acceptors (Lipinski definition) is 2. The van der Waals surface area contributed by atoms with Gasteiger partial charge in [-0.2, -0.15) is 0 Å². The fraction of sp³-hybridized carbons (Fsp3) is 0.333. The van der Waals surface area contributed by atoms with Crippen molar-refractivity contribution in [3.05, 3.63) is 59.7 Å². The average Bonchev–Trinajstić information content (AvgIpc) is 2.66. The highest BCUT2D eigenvalue weighted by molar-refractivity contribution is 6.10. The first-order valence-corrected chi connectivity index (χ1v) is 9.23. The SMILES string of the molecule is C[NH+](CC(=O)N1CC(=O)Nc2ccccc21)[C@@H]1CCCc2ccccc21. The van der Waals surface area contributed by atoms with Crippen LogP contribution in [0.3, 0.4) is 0 Å². The number of anilines is 2. The summed E-state index contributed by atoms with van der Waals surface area (Å²) in [7, 11) is 2.08. The molecule has 1 heterocycles. The van der Waals surface area contributed by atoms with Crippen LogP contribution in [-0.4, -0.2) is 32.0 Å². The summed E-state index contributed by atoms with van der Waals surface area (Å²) in [6.45, 7) is 0.463. The Morgan fingerprint density at radius 1 is 1.19 bits per heavy atom. The van der Waals surface area contributed by atoms with Gasteiger partial charge in [-0.1, -0.05) is 36.4 Å². The van der Waals surface area contributed by atoms with Crippen LogP contribution in [0.5, 0.6) is 0 Å². The summed E-state index contributed by atoms with van der Waals surface area (Å²) in [6.07, 6.45) is 3.36. The highest BCUT2D eigenvalue weighted by Gasteiger charge is 2.32. The summed E-state index contributed by atoms with van der Waals surface area (Å²) >= 11 is 0. The van der Waals surface area contributed by atoms with E-state index in [1.807, 2.05) is 24.3 Å². The number of nitrogens with one attached hydrogen (secondary N) is 2. The number of aryl methyl sites for hydroxylation is 1. The van der Waals surface area contributed by atoms with Crippen molar-refractivity contribution in [3.63, 3.8) is 0 Å². The Morgan fingerprint density at radius 2 is 1.96 bits per heavy atom. The lowest BCUT2D eigenvalue weighted by molar-refractivity contribution is -0.905. The smallest absolute Gasteiger partial charge is 0.282 e. The molecule has 0 aromatic heterocycles. The molecule has 0 bridgehead atoms. The third kappa shape index (κ3) is 3.10. The zero-order chi connectivity index (χ0) is 18.1. The van der Waals surface area contributed by atoms with E-state index in [1.165, 1.54) is 16.0 Å². The molecular weight excluding hydrogens is 326 g/mol. The summed E-state index contributed by atoms with van der Waals surface area (Å²) in [6, 6.07) is 16.4. The number of carbonyl (C=O) groups excluding carboxylic acids is 2. The predicted molar refractivity (Wildman–Crippen MR) is 101 cm³/mol. The van der Waals surface area contributed by atoms with Crippen molar-refractivity contribution in [1.82, 2.24) is 0 Å². The van der Waals surface area contributed by atoms with Gasteiger partial charge in [0, 0.05) is 12.0 Å². The average molecular weight is 350 g/mol. The summed E-state index contributed by atoms with van der Waals surface area (Å²) < 4.78 is 0. The molecule has 1 aliphatic heterocycles. The molecule has 2 atom stereocenters. The van der Waals surface area contributed by atoms with Crippen LogP contribution in [0.1, 0.15) is 30.0 Å². The first-order chi connectivity index (χ1) is 12.6. The molecule has 4 rings (SSSR count). The molecular formula is C21H24N3O2+. The number of nitrogens with zero attached hydrogens (tertiary/aromatic N) is 1. The highest BCUT2D eigenvalue weighted by Crippen LogP contribution is 2.29. The summed E-state index contributed by atoms with van der Waals surface area (Å²) in [5.74, 6) is -0.148.